The summed E-state index contributed by atoms with van der Waals surface area (Å²) in [6.07, 6.45) is 1.34. The van der Waals surface area contributed by atoms with Crippen LogP contribution in [0.25, 0.3) is 6.08 Å². The van der Waals surface area contributed by atoms with Crippen LogP contribution in [0, 0.1) is 6.92 Å². The van der Waals surface area contributed by atoms with E-state index in [1.54, 1.807) is 68.4 Å². The van der Waals surface area contributed by atoms with E-state index in [4.69, 9.17) is 21.1 Å². The Kier molecular flexibility index (Phi) is 8.68. The van der Waals surface area contributed by atoms with Crippen LogP contribution in [0.3, 0.4) is 0 Å². The zero-order valence-electron chi connectivity index (χ0n) is 20.9. The number of ether oxygens (including phenoxy) is 2. The monoisotopic (exact) mass is 611 g/mol. The van der Waals surface area contributed by atoms with E-state index < -0.39 is 17.8 Å². The molecule has 0 spiro atoms. The molecule has 0 aliphatic carbocycles. The second-order valence-corrected chi connectivity index (χ2v) is 9.57. The zero-order chi connectivity index (χ0) is 28.1. The highest BCUT2D eigenvalue weighted by Crippen LogP contribution is 2.38. The number of benzene rings is 3. The zero-order valence-corrected chi connectivity index (χ0v) is 23.3. The molecule has 3 aromatic carbocycles. The van der Waals surface area contributed by atoms with Gasteiger partial charge in [0.2, 0.25) is 0 Å². The number of nitrogens with one attached hydrogen (secondary N) is 2. The Hall–Kier alpha value is -4.15. The van der Waals surface area contributed by atoms with Crippen LogP contribution in [-0.4, -0.2) is 37.0 Å². The highest BCUT2D eigenvalue weighted by molar-refractivity contribution is 9.10. The largest absolute Gasteiger partial charge is 0.490 e. The number of hydrogen-bond donors (Lipinski definition) is 2. The maximum Gasteiger partial charge on any atom is 0.335 e. The first-order valence-electron chi connectivity index (χ1n) is 11.8. The fourth-order valence-electron chi connectivity index (χ4n) is 3.81. The summed E-state index contributed by atoms with van der Waals surface area (Å²) in [6, 6.07) is 16.1. The van der Waals surface area contributed by atoms with Gasteiger partial charge in [-0.15, -0.1) is 0 Å². The van der Waals surface area contributed by atoms with Gasteiger partial charge in [0, 0.05) is 10.7 Å². The van der Waals surface area contributed by atoms with Crippen molar-refractivity contribution in [1.29, 1.82) is 0 Å². The minimum Gasteiger partial charge on any atom is -0.490 e. The summed E-state index contributed by atoms with van der Waals surface area (Å²) < 4.78 is 11.9. The number of rotatable bonds is 8. The SMILES string of the molecule is CCOc1cc(/C=C2\C(=O)NC(=O)N(c3cccc(Cl)c3C)C2=O)cc(Br)c1OCC(=O)Nc1ccccc1. The van der Waals surface area contributed by atoms with Gasteiger partial charge in [-0.05, 0) is 83.4 Å². The quantitative estimate of drug-likeness (QED) is 0.257. The first-order chi connectivity index (χ1) is 18.7. The Morgan fingerprint density at radius 3 is 2.54 bits per heavy atom. The molecule has 0 aromatic heterocycles. The van der Waals surface area contributed by atoms with Gasteiger partial charge in [-0.25, -0.2) is 9.69 Å². The molecule has 0 unspecified atom stereocenters. The van der Waals surface area contributed by atoms with Crippen LogP contribution in [0.4, 0.5) is 16.2 Å². The van der Waals surface area contributed by atoms with Crippen LogP contribution in [0.5, 0.6) is 11.5 Å². The number of imide groups is 2. The van der Waals surface area contributed by atoms with Gasteiger partial charge in [0.15, 0.2) is 18.1 Å². The highest BCUT2D eigenvalue weighted by atomic mass is 79.9. The molecule has 3 aromatic rings. The van der Waals surface area contributed by atoms with Crippen molar-refractivity contribution in [2.24, 2.45) is 0 Å². The molecule has 200 valence electrons. The van der Waals surface area contributed by atoms with Crippen molar-refractivity contribution in [3.05, 3.63) is 86.9 Å². The number of amides is 5. The van der Waals surface area contributed by atoms with E-state index >= 15 is 0 Å². The number of nitrogens with zero attached hydrogens (tertiary/aromatic N) is 1. The fraction of sp³-hybridized carbons (Fsp3) is 0.143. The lowest BCUT2D eigenvalue weighted by Crippen LogP contribution is -2.54. The lowest BCUT2D eigenvalue weighted by Gasteiger charge is -2.27. The maximum atomic E-state index is 13.3. The standard InChI is InChI=1S/C28H23BrClN3O6/c1-3-38-23-14-17(13-20(29)25(23)39-15-24(34)31-18-8-5-4-6-9-18)12-19-26(35)32-28(37)33(27(19)36)22-11-7-10-21(30)16(22)2/h4-14H,3,15H2,1-2H3,(H,31,34)(H,32,35,37)/b19-12+. The lowest BCUT2D eigenvalue weighted by molar-refractivity contribution is -0.122. The number of hydrogen-bond acceptors (Lipinski definition) is 6. The van der Waals surface area contributed by atoms with Crippen molar-refractivity contribution >= 4 is 68.7 Å². The smallest absolute Gasteiger partial charge is 0.335 e. The third kappa shape index (κ3) is 6.30. The normalized spacial score (nSPS) is 14.3. The minimum atomic E-state index is -0.874. The molecular weight excluding hydrogens is 590 g/mol. The van der Waals surface area contributed by atoms with Crippen LogP contribution in [0.15, 0.2) is 70.7 Å². The first-order valence-corrected chi connectivity index (χ1v) is 13.0. The molecule has 11 heteroatoms. The summed E-state index contributed by atoms with van der Waals surface area (Å²) in [4.78, 5) is 51.8. The van der Waals surface area contributed by atoms with Gasteiger partial charge in [-0.2, -0.15) is 0 Å². The Bertz CT molecular complexity index is 1490. The molecule has 2 N–H and O–H groups in total. The van der Waals surface area contributed by atoms with E-state index in [0.717, 1.165) is 4.90 Å². The Labute approximate surface area is 237 Å². The van der Waals surface area contributed by atoms with Crippen molar-refractivity contribution in [3.8, 4) is 11.5 Å². The number of para-hydroxylation sites is 1. The Balaban J connectivity index is 1.61. The summed E-state index contributed by atoms with van der Waals surface area (Å²) in [5.41, 5.74) is 1.56. The van der Waals surface area contributed by atoms with Gasteiger partial charge < -0.3 is 14.8 Å². The van der Waals surface area contributed by atoms with Crippen LogP contribution >= 0.6 is 27.5 Å². The average Bonchev–Trinajstić information content (AvgIpc) is 2.89. The number of carbonyl (C=O) groups is 4. The molecule has 1 fully saturated rings. The highest BCUT2D eigenvalue weighted by Gasteiger charge is 2.37. The molecule has 9 nitrogen and oxygen atoms in total. The number of urea groups is 1. The van der Waals surface area contributed by atoms with Gasteiger partial charge >= 0.3 is 6.03 Å². The molecule has 1 aliphatic heterocycles. The third-order valence-electron chi connectivity index (χ3n) is 5.63. The summed E-state index contributed by atoms with van der Waals surface area (Å²) in [7, 11) is 0. The molecule has 0 atom stereocenters. The molecule has 4 rings (SSSR count). The average molecular weight is 613 g/mol. The molecule has 1 saturated heterocycles. The summed E-state index contributed by atoms with van der Waals surface area (Å²) in [5, 5.41) is 5.30. The van der Waals surface area contributed by atoms with Gasteiger partial charge in [0.05, 0.1) is 16.8 Å². The van der Waals surface area contributed by atoms with Crippen molar-refractivity contribution in [1.82, 2.24) is 5.32 Å². The predicted octanol–water partition coefficient (Wildman–Crippen LogP) is 5.49. The van der Waals surface area contributed by atoms with Gasteiger partial charge in [-0.1, -0.05) is 35.9 Å². The number of carbonyl (C=O) groups excluding carboxylic acids is 4. The van der Waals surface area contributed by atoms with E-state index in [9.17, 15) is 19.2 Å². The third-order valence-corrected chi connectivity index (χ3v) is 6.63. The molecule has 39 heavy (non-hydrogen) atoms. The molecule has 0 radical (unpaired) electrons. The molecule has 0 saturated carbocycles. The number of barbiturate groups is 1. The van der Waals surface area contributed by atoms with E-state index in [1.807, 2.05) is 6.07 Å². The lowest BCUT2D eigenvalue weighted by atomic mass is 10.1. The second-order valence-electron chi connectivity index (χ2n) is 8.31. The fourth-order valence-corrected chi connectivity index (χ4v) is 4.56. The number of anilines is 2. The molecule has 1 aliphatic rings. The van der Waals surface area contributed by atoms with Crippen molar-refractivity contribution in [2.75, 3.05) is 23.4 Å². The van der Waals surface area contributed by atoms with Crippen LogP contribution in [0.1, 0.15) is 18.1 Å². The Morgan fingerprint density at radius 1 is 1.08 bits per heavy atom. The van der Waals surface area contributed by atoms with Gasteiger partial charge in [0.1, 0.15) is 5.57 Å². The first kappa shape index (κ1) is 27.9. The molecule has 5 amide bonds. The van der Waals surface area contributed by atoms with E-state index in [2.05, 4.69) is 26.6 Å². The Morgan fingerprint density at radius 2 is 1.82 bits per heavy atom. The molecule has 1 heterocycles. The van der Waals surface area contributed by atoms with Crippen molar-refractivity contribution < 1.29 is 28.7 Å². The molecular formula is C28H23BrClN3O6. The second kappa shape index (κ2) is 12.1. The van der Waals surface area contributed by atoms with Crippen LogP contribution in [-0.2, 0) is 14.4 Å². The van der Waals surface area contributed by atoms with Crippen LogP contribution in [0.2, 0.25) is 5.02 Å². The topological polar surface area (TPSA) is 114 Å². The van der Waals surface area contributed by atoms with Crippen LogP contribution < -0.4 is 25.0 Å². The number of halogens is 2. The van der Waals surface area contributed by atoms with E-state index in [1.165, 1.54) is 6.08 Å². The van der Waals surface area contributed by atoms with Crippen molar-refractivity contribution in [2.45, 2.75) is 13.8 Å². The van der Waals surface area contributed by atoms with Gasteiger partial charge in [-0.3, -0.25) is 19.7 Å². The predicted molar refractivity (Wildman–Crippen MR) is 151 cm³/mol. The minimum absolute atomic E-state index is 0.261. The summed E-state index contributed by atoms with van der Waals surface area (Å²) >= 11 is 9.61. The maximum absolute atomic E-state index is 13.3. The van der Waals surface area contributed by atoms with Gasteiger partial charge in [0.25, 0.3) is 17.7 Å². The van der Waals surface area contributed by atoms with E-state index in [0.29, 0.717) is 26.3 Å². The van der Waals surface area contributed by atoms with E-state index in [-0.39, 0.29) is 41.9 Å². The summed E-state index contributed by atoms with van der Waals surface area (Å²) in [6.45, 7) is 3.45. The van der Waals surface area contributed by atoms with Crippen molar-refractivity contribution in [3.63, 3.8) is 0 Å². The molecule has 0 bridgehead atoms. The summed E-state index contributed by atoms with van der Waals surface area (Å²) in [5.74, 6) is -1.46.